The van der Waals surface area contributed by atoms with Crippen molar-refractivity contribution in [3.63, 3.8) is 0 Å². The van der Waals surface area contributed by atoms with E-state index in [4.69, 9.17) is 22.1 Å². The van der Waals surface area contributed by atoms with Crippen molar-refractivity contribution in [2.45, 2.75) is 51.7 Å². The molecule has 0 aliphatic carbocycles. The van der Waals surface area contributed by atoms with E-state index in [-0.39, 0.29) is 12.1 Å². The molecule has 1 rings (SSSR count). The van der Waals surface area contributed by atoms with E-state index in [9.17, 15) is 0 Å². The van der Waals surface area contributed by atoms with E-state index in [2.05, 4.69) is 31.7 Å². The zero-order valence-corrected chi connectivity index (χ0v) is 14.4. The van der Waals surface area contributed by atoms with Gasteiger partial charge in [0, 0.05) is 30.8 Å². The summed E-state index contributed by atoms with van der Waals surface area (Å²) in [5.41, 5.74) is 7.63. The molecule has 3 nitrogen and oxygen atoms in total. The van der Waals surface area contributed by atoms with Crippen molar-refractivity contribution < 1.29 is 4.74 Å². The molecule has 0 aliphatic rings. The number of ether oxygens (including phenoxy) is 1. The quantitative estimate of drug-likeness (QED) is 0.752. The van der Waals surface area contributed by atoms with Gasteiger partial charge in [0.15, 0.2) is 0 Å². The van der Waals surface area contributed by atoms with Gasteiger partial charge in [-0.1, -0.05) is 37.6 Å². The Bertz CT molecular complexity index is 414. The van der Waals surface area contributed by atoms with Crippen LogP contribution in [0, 0.1) is 0 Å². The van der Waals surface area contributed by atoms with Gasteiger partial charge in [0.25, 0.3) is 0 Å². The highest BCUT2D eigenvalue weighted by Gasteiger charge is 2.28. The summed E-state index contributed by atoms with van der Waals surface area (Å²) in [6.07, 6.45) is 2.01. The summed E-state index contributed by atoms with van der Waals surface area (Å²) in [5, 5.41) is 0.761. The molecule has 0 aliphatic heterocycles. The molecule has 0 aromatic heterocycles. The van der Waals surface area contributed by atoms with Crippen molar-refractivity contribution in [3.8, 4) is 0 Å². The van der Waals surface area contributed by atoms with E-state index in [0.717, 1.165) is 24.4 Å². The lowest BCUT2D eigenvalue weighted by atomic mass is 9.94. The Kier molecular flexibility index (Phi) is 8.27. The number of halogens is 1. The number of nitrogens with zero attached hydrogens (tertiary/aromatic N) is 1. The lowest BCUT2D eigenvalue weighted by Crippen LogP contribution is -2.46. The van der Waals surface area contributed by atoms with Crippen LogP contribution in [0.4, 0.5) is 0 Å². The van der Waals surface area contributed by atoms with Crippen LogP contribution in [0.15, 0.2) is 24.3 Å². The number of nitrogens with two attached hydrogens (primary N) is 1. The topological polar surface area (TPSA) is 38.5 Å². The summed E-state index contributed by atoms with van der Waals surface area (Å²) in [7, 11) is 1.74. The molecule has 0 radical (unpaired) electrons. The minimum absolute atomic E-state index is 0.0781. The lowest BCUT2D eigenvalue weighted by Gasteiger charge is -2.39. The van der Waals surface area contributed by atoms with Crippen LogP contribution in [0.25, 0.3) is 0 Å². The molecule has 0 saturated heterocycles. The van der Waals surface area contributed by atoms with E-state index in [1.807, 2.05) is 18.2 Å². The van der Waals surface area contributed by atoms with Gasteiger partial charge >= 0.3 is 0 Å². The number of benzene rings is 1. The van der Waals surface area contributed by atoms with Gasteiger partial charge in [-0.2, -0.15) is 0 Å². The van der Waals surface area contributed by atoms with Gasteiger partial charge in [0.05, 0.1) is 12.6 Å². The van der Waals surface area contributed by atoms with Crippen molar-refractivity contribution in [2.24, 2.45) is 5.73 Å². The second kappa shape index (κ2) is 9.42. The fourth-order valence-corrected chi connectivity index (χ4v) is 2.86. The fourth-order valence-electron chi connectivity index (χ4n) is 2.66. The number of hydrogen-bond acceptors (Lipinski definition) is 3. The summed E-state index contributed by atoms with van der Waals surface area (Å²) in [6, 6.07) is 8.74. The first-order valence-corrected chi connectivity index (χ1v) is 8.18. The predicted molar refractivity (Wildman–Crippen MR) is 90.8 cm³/mol. The first-order chi connectivity index (χ1) is 10.0. The smallest absolute Gasteiger partial charge is 0.0590 e. The van der Waals surface area contributed by atoms with Crippen molar-refractivity contribution >= 4 is 11.6 Å². The third-order valence-electron chi connectivity index (χ3n) is 4.14. The molecule has 3 unspecified atom stereocenters. The molecule has 2 N–H and O–H groups in total. The standard InChI is InChI=1S/C17H29ClN2O/c1-5-13(3)20(10-11-21-4)17(16(19)6-2)14-8-7-9-15(18)12-14/h7-9,12-13,16-17H,5-6,10-11,19H2,1-4H3. The maximum Gasteiger partial charge on any atom is 0.0590 e. The Morgan fingerprint density at radius 1 is 1.29 bits per heavy atom. The first kappa shape index (κ1) is 18.4. The van der Waals surface area contributed by atoms with Crippen molar-refractivity contribution in [3.05, 3.63) is 34.9 Å². The van der Waals surface area contributed by atoms with Crippen LogP contribution in [-0.4, -0.2) is 37.2 Å². The van der Waals surface area contributed by atoms with Crippen LogP contribution in [0.2, 0.25) is 5.02 Å². The van der Waals surface area contributed by atoms with Gasteiger partial charge in [-0.15, -0.1) is 0 Å². The minimum Gasteiger partial charge on any atom is -0.383 e. The summed E-state index contributed by atoms with van der Waals surface area (Å²) in [4.78, 5) is 2.45. The van der Waals surface area contributed by atoms with Crippen molar-refractivity contribution in [2.75, 3.05) is 20.3 Å². The normalized spacial score (nSPS) is 16.0. The Hall–Kier alpha value is -0.610. The molecule has 0 bridgehead atoms. The molecule has 0 amide bonds. The second-order valence-corrected chi connectivity index (χ2v) is 6.00. The summed E-state index contributed by atoms with van der Waals surface area (Å²) in [5.74, 6) is 0. The van der Waals surface area contributed by atoms with E-state index in [0.29, 0.717) is 12.6 Å². The third-order valence-corrected chi connectivity index (χ3v) is 4.37. The Labute approximate surface area is 134 Å². The predicted octanol–water partition coefficient (Wildman–Crippen LogP) is 3.87. The average molecular weight is 313 g/mol. The van der Waals surface area contributed by atoms with E-state index < -0.39 is 0 Å². The van der Waals surface area contributed by atoms with Crippen LogP contribution < -0.4 is 5.73 Å². The van der Waals surface area contributed by atoms with Crippen LogP contribution >= 0.6 is 11.6 Å². The molecule has 1 aromatic rings. The molecule has 0 fully saturated rings. The van der Waals surface area contributed by atoms with Crippen LogP contribution in [0.5, 0.6) is 0 Å². The van der Waals surface area contributed by atoms with Crippen LogP contribution in [-0.2, 0) is 4.74 Å². The molecular weight excluding hydrogens is 284 g/mol. The largest absolute Gasteiger partial charge is 0.383 e. The van der Waals surface area contributed by atoms with Gasteiger partial charge in [-0.3, -0.25) is 4.90 Å². The molecule has 0 saturated carbocycles. The van der Waals surface area contributed by atoms with E-state index >= 15 is 0 Å². The molecule has 0 heterocycles. The SMILES string of the molecule is CCC(N)C(c1cccc(Cl)c1)N(CCOC)C(C)CC. The maximum atomic E-state index is 6.44. The zero-order valence-electron chi connectivity index (χ0n) is 13.7. The first-order valence-electron chi connectivity index (χ1n) is 7.80. The molecule has 0 spiro atoms. The van der Waals surface area contributed by atoms with Gasteiger partial charge in [0.1, 0.15) is 0 Å². The van der Waals surface area contributed by atoms with Gasteiger partial charge < -0.3 is 10.5 Å². The third kappa shape index (κ3) is 5.26. The minimum atomic E-state index is 0.0781. The highest BCUT2D eigenvalue weighted by Crippen LogP contribution is 2.29. The monoisotopic (exact) mass is 312 g/mol. The van der Waals surface area contributed by atoms with Gasteiger partial charge in [0.2, 0.25) is 0 Å². The number of rotatable bonds is 9. The molecule has 4 heteroatoms. The maximum absolute atomic E-state index is 6.44. The van der Waals surface area contributed by atoms with Crippen LogP contribution in [0.1, 0.15) is 45.2 Å². The Balaban J connectivity index is 3.12. The van der Waals surface area contributed by atoms with Crippen molar-refractivity contribution in [1.82, 2.24) is 4.90 Å². The zero-order chi connectivity index (χ0) is 15.8. The average Bonchev–Trinajstić information content (AvgIpc) is 2.49. The van der Waals surface area contributed by atoms with Gasteiger partial charge in [-0.25, -0.2) is 0 Å². The van der Waals surface area contributed by atoms with Gasteiger partial charge in [-0.05, 0) is 37.5 Å². The Morgan fingerprint density at radius 3 is 2.52 bits per heavy atom. The van der Waals surface area contributed by atoms with Crippen LogP contribution in [0.3, 0.4) is 0 Å². The molecule has 21 heavy (non-hydrogen) atoms. The van der Waals surface area contributed by atoms with E-state index in [1.165, 1.54) is 5.56 Å². The lowest BCUT2D eigenvalue weighted by molar-refractivity contribution is 0.0755. The number of methoxy groups -OCH3 is 1. The highest BCUT2D eigenvalue weighted by atomic mass is 35.5. The molecule has 1 aromatic carbocycles. The summed E-state index contributed by atoms with van der Waals surface area (Å²) in [6.45, 7) is 8.16. The molecule has 3 atom stereocenters. The second-order valence-electron chi connectivity index (χ2n) is 5.56. The summed E-state index contributed by atoms with van der Waals surface area (Å²) < 4.78 is 5.28. The molecule has 120 valence electrons. The summed E-state index contributed by atoms with van der Waals surface area (Å²) >= 11 is 6.18. The highest BCUT2D eigenvalue weighted by molar-refractivity contribution is 6.30. The Morgan fingerprint density at radius 2 is 2.00 bits per heavy atom. The fraction of sp³-hybridized carbons (Fsp3) is 0.647. The van der Waals surface area contributed by atoms with E-state index in [1.54, 1.807) is 7.11 Å². The number of hydrogen-bond donors (Lipinski definition) is 1. The van der Waals surface area contributed by atoms with Crippen molar-refractivity contribution in [1.29, 1.82) is 0 Å². The molecular formula is C17H29ClN2O.